The molecule has 1 N–H and O–H groups in total. The Kier molecular flexibility index (Phi) is 8.65. The van der Waals surface area contributed by atoms with Crippen LogP contribution in [0, 0.1) is 0 Å². The van der Waals surface area contributed by atoms with Crippen molar-refractivity contribution < 1.29 is 33.3 Å². The van der Waals surface area contributed by atoms with E-state index in [1.54, 1.807) is 55.6 Å². The van der Waals surface area contributed by atoms with Gasteiger partial charge in [0, 0.05) is 10.5 Å². The smallest absolute Gasteiger partial charge is 0.335 e. The molecule has 1 aliphatic heterocycles. The third-order valence-electron chi connectivity index (χ3n) is 5.42. The second kappa shape index (κ2) is 12.3. The van der Waals surface area contributed by atoms with E-state index >= 15 is 0 Å². The Morgan fingerprint density at radius 1 is 0.868 bits per heavy atom. The van der Waals surface area contributed by atoms with Crippen LogP contribution in [0.3, 0.4) is 0 Å². The van der Waals surface area contributed by atoms with Crippen LogP contribution in [0.25, 0.3) is 6.08 Å². The van der Waals surface area contributed by atoms with E-state index in [9.17, 15) is 14.4 Å². The van der Waals surface area contributed by atoms with Crippen molar-refractivity contribution in [1.82, 2.24) is 5.32 Å². The largest absolute Gasteiger partial charge is 0.497 e. The fraction of sp³-hybridized carbons (Fsp3) is 0.179. The number of urea groups is 1. The summed E-state index contributed by atoms with van der Waals surface area (Å²) in [4.78, 5) is 39.0. The van der Waals surface area contributed by atoms with Gasteiger partial charge in [0.2, 0.25) is 0 Å². The quantitative estimate of drug-likeness (QED) is 0.205. The van der Waals surface area contributed by atoms with Gasteiger partial charge in [0.05, 0.1) is 19.4 Å². The lowest BCUT2D eigenvalue weighted by Crippen LogP contribution is -2.54. The van der Waals surface area contributed by atoms with Gasteiger partial charge in [0.1, 0.15) is 30.3 Å². The first-order valence-corrected chi connectivity index (χ1v) is 12.5. The molecule has 1 saturated heterocycles. The number of hydrogen-bond donors (Lipinski definition) is 1. The average molecular weight is 581 g/mol. The molecule has 0 saturated carbocycles. The summed E-state index contributed by atoms with van der Waals surface area (Å²) >= 11 is 3.32. The van der Waals surface area contributed by atoms with Crippen molar-refractivity contribution in [2.45, 2.75) is 6.92 Å². The van der Waals surface area contributed by atoms with Gasteiger partial charge < -0.3 is 18.9 Å². The van der Waals surface area contributed by atoms with Crippen molar-refractivity contribution in [3.8, 4) is 23.0 Å². The molecule has 0 radical (unpaired) electrons. The molecule has 0 bridgehead atoms. The van der Waals surface area contributed by atoms with E-state index in [0.717, 1.165) is 9.37 Å². The third-order valence-corrected chi connectivity index (χ3v) is 5.94. The van der Waals surface area contributed by atoms with Crippen molar-refractivity contribution in [2.75, 3.05) is 31.8 Å². The van der Waals surface area contributed by atoms with E-state index < -0.39 is 17.8 Å². The number of benzene rings is 3. The Balaban J connectivity index is 1.49. The molecule has 0 spiro atoms. The lowest BCUT2D eigenvalue weighted by Gasteiger charge is -2.26. The molecule has 3 aromatic carbocycles. The van der Waals surface area contributed by atoms with Gasteiger partial charge >= 0.3 is 6.03 Å². The summed E-state index contributed by atoms with van der Waals surface area (Å²) < 4.78 is 23.3. The minimum Gasteiger partial charge on any atom is -0.497 e. The molecular weight excluding hydrogens is 556 g/mol. The van der Waals surface area contributed by atoms with E-state index in [1.807, 2.05) is 25.1 Å². The maximum Gasteiger partial charge on any atom is 0.335 e. The lowest BCUT2D eigenvalue weighted by molar-refractivity contribution is -0.122. The number of methoxy groups -OCH3 is 1. The van der Waals surface area contributed by atoms with Crippen LogP contribution in [0.2, 0.25) is 0 Å². The molecular formula is C28H25BrN2O7. The fourth-order valence-corrected chi connectivity index (χ4v) is 3.92. The SMILES string of the molecule is CCOc1cc(C=C2C(=O)NC(=O)N(c3ccc(Br)cc3)C2=O)ccc1OCCOc1cccc(OC)c1. The van der Waals surface area contributed by atoms with Crippen molar-refractivity contribution in [3.63, 3.8) is 0 Å². The molecule has 1 heterocycles. The van der Waals surface area contributed by atoms with Crippen molar-refractivity contribution in [1.29, 1.82) is 0 Å². The Bertz CT molecular complexity index is 1370. The maximum absolute atomic E-state index is 13.1. The highest BCUT2D eigenvalue weighted by Gasteiger charge is 2.36. The second-order valence-corrected chi connectivity index (χ2v) is 8.87. The summed E-state index contributed by atoms with van der Waals surface area (Å²) in [5.74, 6) is 0.768. The predicted octanol–water partition coefficient (Wildman–Crippen LogP) is 4.98. The van der Waals surface area contributed by atoms with Crippen LogP contribution in [0.5, 0.6) is 23.0 Å². The summed E-state index contributed by atoms with van der Waals surface area (Å²) in [5, 5.41) is 2.22. The number of halogens is 1. The first kappa shape index (κ1) is 26.7. The maximum atomic E-state index is 13.1. The molecule has 1 fully saturated rings. The number of ether oxygens (including phenoxy) is 4. The molecule has 0 atom stereocenters. The van der Waals surface area contributed by atoms with Crippen molar-refractivity contribution in [2.24, 2.45) is 0 Å². The normalized spacial score (nSPS) is 14.3. The van der Waals surface area contributed by atoms with Gasteiger partial charge in [-0.25, -0.2) is 9.69 Å². The third kappa shape index (κ3) is 6.33. The Morgan fingerprint density at radius 2 is 1.61 bits per heavy atom. The van der Waals surface area contributed by atoms with Gasteiger partial charge in [-0.2, -0.15) is 0 Å². The summed E-state index contributed by atoms with van der Waals surface area (Å²) in [6, 6.07) is 18.1. The standard InChI is InChI=1S/C28H25BrN2O7/c1-3-36-25-16-18(7-12-24(25)38-14-13-37-22-6-4-5-21(17-22)35-2)15-23-26(32)30-28(34)31(27(23)33)20-10-8-19(29)9-11-20/h4-12,15-17H,3,13-14H2,1-2H3,(H,30,32,34). The van der Waals surface area contributed by atoms with Gasteiger partial charge in [-0.3, -0.25) is 14.9 Å². The minimum atomic E-state index is -0.811. The Hall–Kier alpha value is -4.31. The summed E-state index contributed by atoms with van der Waals surface area (Å²) in [6.07, 6.45) is 1.41. The van der Waals surface area contributed by atoms with Crippen LogP contribution in [0.15, 0.2) is 76.8 Å². The monoisotopic (exact) mass is 580 g/mol. The van der Waals surface area contributed by atoms with Gasteiger partial charge in [-0.15, -0.1) is 0 Å². The highest BCUT2D eigenvalue weighted by Crippen LogP contribution is 2.30. The van der Waals surface area contributed by atoms with Crippen LogP contribution in [-0.4, -0.2) is 44.8 Å². The number of anilines is 1. The Morgan fingerprint density at radius 3 is 2.34 bits per heavy atom. The zero-order valence-electron chi connectivity index (χ0n) is 20.7. The number of nitrogens with zero attached hydrogens (tertiary/aromatic N) is 1. The van der Waals surface area contributed by atoms with E-state index in [1.165, 1.54) is 6.08 Å². The molecule has 4 rings (SSSR count). The number of imide groups is 2. The predicted molar refractivity (Wildman–Crippen MR) is 145 cm³/mol. The van der Waals surface area contributed by atoms with Crippen molar-refractivity contribution >= 4 is 45.5 Å². The zero-order chi connectivity index (χ0) is 27.1. The summed E-state index contributed by atoms with van der Waals surface area (Å²) in [7, 11) is 1.59. The molecule has 38 heavy (non-hydrogen) atoms. The van der Waals surface area contributed by atoms with Crippen molar-refractivity contribution in [3.05, 3.63) is 82.3 Å². The van der Waals surface area contributed by atoms with Gasteiger partial charge in [0.25, 0.3) is 11.8 Å². The average Bonchev–Trinajstić information content (AvgIpc) is 2.91. The molecule has 0 aromatic heterocycles. The highest BCUT2D eigenvalue weighted by molar-refractivity contribution is 9.10. The zero-order valence-corrected chi connectivity index (χ0v) is 22.3. The minimum absolute atomic E-state index is 0.185. The van der Waals surface area contributed by atoms with Crippen LogP contribution >= 0.6 is 15.9 Å². The number of nitrogens with one attached hydrogen (secondary N) is 1. The topological polar surface area (TPSA) is 103 Å². The lowest BCUT2D eigenvalue weighted by atomic mass is 10.1. The van der Waals surface area contributed by atoms with Crippen LogP contribution in [-0.2, 0) is 9.59 Å². The number of rotatable bonds is 10. The van der Waals surface area contributed by atoms with E-state index in [-0.39, 0.29) is 12.2 Å². The molecule has 196 valence electrons. The summed E-state index contributed by atoms with van der Waals surface area (Å²) in [5.41, 5.74) is 0.677. The molecule has 1 aliphatic rings. The Labute approximate surface area is 228 Å². The molecule has 3 aromatic rings. The van der Waals surface area contributed by atoms with Gasteiger partial charge in [0.15, 0.2) is 11.5 Å². The van der Waals surface area contributed by atoms with E-state index in [2.05, 4.69) is 21.2 Å². The highest BCUT2D eigenvalue weighted by atomic mass is 79.9. The molecule has 9 nitrogen and oxygen atoms in total. The summed E-state index contributed by atoms with van der Waals surface area (Å²) in [6.45, 7) is 2.75. The first-order valence-electron chi connectivity index (χ1n) is 11.7. The van der Waals surface area contributed by atoms with Gasteiger partial charge in [-0.1, -0.05) is 28.1 Å². The number of carbonyl (C=O) groups excluding carboxylic acids is 3. The van der Waals surface area contributed by atoms with E-state index in [0.29, 0.717) is 47.5 Å². The molecule has 4 amide bonds. The number of hydrogen-bond acceptors (Lipinski definition) is 7. The fourth-order valence-electron chi connectivity index (χ4n) is 3.65. The first-order chi connectivity index (χ1) is 18.4. The number of barbiturate groups is 1. The van der Waals surface area contributed by atoms with Crippen LogP contribution in [0.4, 0.5) is 10.5 Å². The number of carbonyl (C=O) groups is 3. The molecule has 0 unspecified atom stereocenters. The number of amides is 4. The van der Waals surface area contributed by atoms with Crippen LogP contribution < -0.4 is 29.2 Å². The molecule has 10 heteroatoms. The van der Waals surface area contributed by atoms with E-state index in [4.69, 9.17) is 18.9 Å². The second-order valence-electron chi connectivity index (χ2n) is 7.95. The molecule has 0 aliphatic carbocycles. The van der Waals surface area contributed by atoms with Gasteiger partial charge in [-0.05, 0) is 67.1 Å². The van der Waals surface area contributed by atoms with Crippen LogP contribution in [0.1, 0.15) is 12.5 Å².